The highest BCUT2D eigenvalue weighted by Gasteiger charge is 2.19. The van der Waals surface area contributed by atoms with Gasteiger partial charge in [-0.2, -0.15) is 0 Å². The fourth-order valence-electron chi connectivity index (χ4n) is 3.69. The number of unbranched alkanes of at least 4 members (excludes halogenated alkanes) is 5. The number of benzene rings is 2. The third kappa shape index (κ3) is 10.6. The maximum atomic E-state index is 13.9. The van der Waals surface area contributed by atoms with Gasteiger partial charge in [0.05, 0.1) is 6.54 Å². The van der Waals surface area contributed by atoms with Gasteiger partial charge in [0.1, 0.15) is 12.4 Å². The molecule has 1 amide bonds. The number of halogens is 1. The third-order valence-electron chi connectivity index (χ3n) is 5.69. The first kappa shape index (κ1) is 29.1. The topological polar surface area (TPSA) is 85.3 Å². The number of hydrogen-bond donors (Lipinski definition) is 1. The Morgan fingerprint density at radius 3 is 2.31 bits per heavy atom. The number of carbonyl (C=O) groups is 2. The smallest absolute Gasteiger partial charge is 0.415 e. The van der Waals surface area contributed by atoms with Gasteiger partial charge < -0.3 is 24.2 Å². The number of carbonyl (C=O) groups excluding carboxylic acids is 1. The molecule has 0 aromatic heterocycles. The summed E-state index contributed by atoms with van der Waals surface area (Å²) in [5.41, 5.74) is 0.821. The Hall–Kier alpha value is -3.13. The van der Waals surface area contributed by atoms with Crippen molar-refractivity contribution in [1.82, 2.24) is 4.90 Å². The van der Waals surface area contributed by atoms with Gasteiger partial charge in [0.15, 0.2) is 17.7 Å². The molecule has 0 aliphatic rings. The van der Waals surface area contributed by atoms with Crippen molar-refractivity contribution >= 4 is 12.1 Å². The summed E-state index contributed by atoms with van der Waals surface area (Å²) in [6, 6.07) is 12.9. The van der Waals surface area contributed by atoms with Crippen LogP contribution >= 0.6 is 0 Å². The van der Waals surface area contributed by atoms with Gasteiger partial charge in [0.25, 0.3) is 0 Å². The molecule has 2 aromatic rings. The van der Waals surface area contributed by atoms with E-state index in [-0.39, 0.29) is 25.3 Å². The lowest BCUT2D eigenvalue weighted by Gasteiger charge is -2.22. The fraction of sp³-hybridized carbons (Fsp3) is 0.500. The molecule has 0 radical (unpaired) electrons. The van der Waals surface area contributed by atoms with E-state index in [0.717, 1.165) is 24.8 Å². The number of carboxylic acid groups (broad SMARTS) is 1. The fourth-order valence-corrected chi connectivity index (χ4v) is 3.69. The van der Waals surface area contributed by atoms with Crippen LogP contribution in [0.4, 0.5) is 9.18 Å². The van der Waals surface area contributed by atoms with Crippen LogP contribution in [0.1, 0.15) is 57.9 Å². The summed E-state index contributed by atoms with van der Waals surface area (Å²) in [5, 5.41) is 9.24. The standard InChI is InChI=1S/C28H38FNO6/c1-3-5-6-7-8-11-18-30(28(33)36-25-13-10-9-12-24(25)29)19-20-35-23-16-14-22(15-17-23)21-26(27(31)32)34-4-2/h9-10,12-17,26H,3-8,11,18-21H2,1-2H3,(H,31,32). The number of para-hydroxylation sites is 1. The Bertz CT molecular complexity index is 921. The summed E-state index contributed by atoms with van der Waals surface area (Å²) in [4.78, 5) is 25.6. The van der Waals surface area contributed by atoms with Gasteiger partial charge in [-0.1, -0.05) is 63.3 Å². The van der Waals surface area contributed by atoms with Gasteiger partial charge in [-0.3, -0.25) is 0 Å². The van der Waals surface area contributed by atoms with Crippen molar-refractivity contribution in [2.75, 3.05) is 26.3 Å². The Balaban J connectivity index is 1.90. The molecule has 0 saturated carbocycles. The largest absolute Gasteiger partial charge is 0.492 e. The lowest BCUT2D eigenvalue weighted by atomic mass is 10.1. The van der Waals surface area contributed by atoms with Crippen molar-refractivity contribution in [2.24, 2.45) is 0 Å². The van der Waals surface area contributed by atoms with Crippen LogP contribution in [0.5, 0.6) is 11.5 Å². The molecule has 7 nitrogen and oxygen atoms in total. The van der Waals surface area contributed by atoms with Crippen LogP contribution in [-0.4, -0.2) is 54.5 Å². The van der Waals surface area contributed by atoms with Crippen molar-refractivity contribution in [3.05, 3.63) is 59.9 Å². The minimum atomic E-state index is -0.995. The second-order valence-electron chi connectivity index (χ2n) is 8.53. The van der Waals surface area contributed by atoms with E-state index >= 15 is 0 Å². The van der Waals surface area contributed by atoms with E-state index in [1.165, 1.54) is 31.4 Å². The summed E-state index contributed by atoms with van der Waals surface area (Å²) in [7, 11) is 0. The zero-order valence-electron chi connectivity index (χ0n) is 21.3. The molecular formula is C28H38FNO6. The van der Waals surface area contributed by atoms with E-state index in [1.807, 2.05) is 0 Å². The van der Waals surface area contributed by atoms with E-state index in [1.54, 1.807) is 48.2 Å². The van der Waals surface area contributed by atoms with E-state index in [9.17, 15) is 19.1 Å². The molecule has 8 heteroatoms. The number of aliphatic carboxylic acids is 1. The highest BCUT2D eigenvalue weighted by Crippen LogP contribution is 2.18. The molecule has 0 bridgehead atoms. The SMILES string of the molecule is CCCCCCCCN(CCOc1ccc(CC(OCC)C(=O)O)cc1)C(=O)Oc1ccccc1F. The minimum Gasteiger partial charge on any atom is -0.492 e. The van der Waals surface area contributed by atoms with Crippen molar-refractivity contribution in [3.63, 3.8) is 0 Å². The maximum Gasteiger partial charge on any atom is 0.415 e. The number of rotatable bonds is 17. The van der Waals surface area contributed by atoms with Crippen molar-refractivity contribution in [2.45, 2.75) is 64.9 Å². The van der Waals surface area contributed by atoms with Crippen LogP contribution < -0.4 is 9.47 Å². The maximum absolute atomic E-state index is 13.9. The highest BCUT2D eigenvalue weighted by molar-refractivity contribution is 5.72. The first-order valence-corrected chi connectivity index (χ1v) is 12.7. The normalized spacial score (nSPS) is 11.6. The molecule has 198 valence electrons. The van der Waals surface area contributed by atoms with Gasteiger partial charge in [0.2, 0.25) is 0 Å². The zero-order chi connectivity index (χ0) is 26.2. The van der Waals surface area contributed by atoms with Crippen LogP contribution in [0.15, 0.2) is 48.5 Å². The monoisotopic (exact) mass is 503 g/mol. The Kier molecular flexibility index (Phi) is 13.4. The van der Waals surface area contributed by atoms with E-state index in [2.05, 4.69) is 6.92 Å². The second kappa shape index (κ2) is 16.5. The summed E-state index contributed by atoms with van der Waals surface area (Å²) in [6.45, 7) is 5.27. The van der Waals surface area contributed by atoms with E-state index in [0.29, 0.717) is 18.9 Å². The van der Waals surface area contributed by atoms with Gasteiger partial charge >= 0.3 is 12.1 Å². The summed E-state index contributed by atoms with van der Waals surface area (Å²) in [6.07, 6.45) is 5.25. The third-order valence-corrected chi connectivity index (χ3v) is 5.69. The molecular weight excluding hydrogens is 465 g/mol. The molecule has 1 N–H and O–H groups in total. The molecule has 1 atom stereocenters. The Morgan fingerprint density at radius 2 is 1.64 bits per heavy atom. The molecule has 0 heterocycles. The first-order chi connectivity index (χ1) is 17.4. The van der Waals surface area contributed by atoms with Crippen LogP contribution in [0.25, 0.3) is 0 Å². The summed E-state index contributed by atoms with van der Waals surface area (Å²) >= 11 is 0. The molecule has 0 spiro atoms. The van der Waals surface area contributed by atoms with Gasteiger partial charge in [-0.25, -0.2) is 14.0 Å². The van der Waals surface area contributed by atoms with Crippen LogP contribution in [0, 0.1) is 5.82 Å². The predicted octanol–water partition coefficient (Wildman–Crippen LogP) is 6.10. The van der Waals surface area contributed by atoms with Crippen molar-refractivity contribution in [3.8, 4) is 11.5 Å². The first-order valence-electron chi connectivity index (χ1n) is 12.7. The van der Waals surface area contributed by atoms with Gasteiger partial charge in [-0.05, 0) is 43.2 Å². The van der Waals surface area contributed by atoms with Crippen molar-refractivity contribution < 1.29 is 33.3 Å². The highest BCUT2D eigenvalue weighted by atomic mass is 19.1. The number of hydrogen-bond acceptors (Lipinski definition) is 5. The predicted molar refractivity (Wildman–Crippen MR) is 136 cm³/mol. The molecule has 1 unspecified atom stereocenters. The van der Waals surface area contributed by atoms with Crippen LogP contribution in [0.2, 0.25) is 0 Å². The van der Waals surface area contributed by atoms with Gasteiger partial charge in [0, 0.05) is 19.6 Å². The zero-order valence-corrected chi connectivity index (χ0v) is 21.3. The second-order valence-corrected chi connectivity index (χ2v) is 8.53. The van der Waals surface area contributed by atoms with Crippen LogP contribution in [0.3, 0.4) is 0 Å². The molecule has 0 saturated heterocycles. The average Bonchev–Trinajstić information content (AvgIpc) is 2.87. The molecule has 2 rings (SSSR count). The molecule has 0 aliphatic carbocycles. The van der Waals surface area contributed by atoms with Crippen molar-refractivity contribution in [1.29, 1.82) is 0 Å². The number of amides is 1. The lowest BCUT2D eigenvalue weighted by molar-refractivity contribution is -0.149. The molecule has 0 aliphatic heterocycles. The van der Waals surface area contributed by atoms with E-state index < -0.39 is 24.0 Å². The molecule has 36 heavy (non-hydrogen) atoms. The summed E-state index contributed by atoms with van der Waals surface area (Å²) in [5.74, 6) is -1.08. The Morgan fingerprint density at radius 1 is 0.944 bits per heavy atom. The number of carboxylic acids is 1. The molecule has 2 aromatic carbocycles. The summed E-state index contributed by atoms with van der Waals surface area (Å²) < 4.78 is 30.3. The van der Waals surface area contributed by atoms with E-state index in [4.69, 9.17) is 14.2 Å². The minimum absolute atomic E-state index is 0.0985. The quantitative estimate of drug-likeness (QED) is 0.263. The number of ether oxygens (including phenoxy) is 3. The number of nitrogens with zero attached hydrogens (tertiary/aromatic N) is 1. The lowest BCUT2D eigenvalue weighted by Crippen LogP contribution is -2.37. The average molecular weight is 504 g/mol. The van der Waals surface area contributed by atoms with Gasteiger partial charge in [-0.15, -0.1) is 0 Å². The van der Waals surface area contributed by atoms with Crippen LogP contribution in [-0.2, 0) is 16.0 Å². The molecule has 0 fully saturated rings. The Labute approximate surface area is 213 Å².